The first kappa shape index (κ1) is 74.3. The number of allylic oxidation sites excluding steroid dienone is 3. The molecule has 2 unspecified atom stereocenters. The summed E-state index contributed by atoms with van der Waals surface area (Å²) in [6, 6.07) is -0.624. The number of carbonyl (C=O) groups excluding carboxylic acids is 2. The van der Waals surface area contributed by atoms with E-state index < -0.39 is 12.1 Å². The number of aliphatic hydroxyl groups excluding tert-OH is 2. The maximum atomic E-state index is 12.4. The Kier molecular flexibility index (Phi) is 64.4. The summed E-state index contributed by atoms with van der Waals surface area (Å²) in [7, 11) is 0. The van der Waals surface area contributed by atoms with Crippen molar-refractivity contribution in [3.63, 3.8) is 0 Å². The van der Waals surface area contributed by atoms with Crippen molar-refractivity contribution in [2.45, 2.75) is 398 Å². The average Bonchev–Trinajstić information content (AvgIpc) is 3.42. The van der Waals surface area contributed by atoms with E-state index in [-0.39, 0.29) is 18.5 Å². The van der Waals surface area contributed by atoms with Crippen LogP contribution in [0.2, 0.25) is 0 Å². The third kappa shape index (κ3) is 61.6. The minimum atomic E-state index is -0.841. The van der Waals surface area contributed by atoms with Gasteiger partial charge >= 0.3 is 5.97 Å². The summed E-state index contributed by atoms with van der Waals surface area (Å²) in [4.78, 5) is 24.5. The van der Waals surface area contributed by atoms with Crippen LogP contribution in [0.4, 0.5) is 0 Å². The number of amides is 1. The van der Waals surface area contributed by atoms with E-state index in [0.29, 0.717) is 19.4 Å². The number of hydrogen-bond donors (Lipinski definition) is 3. The van der Waals surface area contributed by atoms with Crippen molar-refractivity contribution in [1.82, 2.24) is 5.32 Å². The standard InChI is InChI=1S/C70H135NO5/c1-3-5-7-9-11-13-15-16-17-18-35-38-41-44-48-52-56-60-64-70(75)76-65-61-57-53-49-45-42-39-36-33-31-29-27-25-23-21-19-20-22-24-26-28-30-32-34-37-40-43-47-51-55-59-63-69(74)71-67(66-72)68(73)62-58-54-50-46-14-12-10-8-6-4-2/h21,23,58,62,67-68,72-73H,3-20,22,24-57,59-61,63-66H2,1-2H3,(H,71,74)/b23-21-,62-58+. The molecule has 6 heteroatoms. The number of ether oxygens (including phenoxy) is 1. The molecule has 1 amide bonds. The molecule has 0 aromatic carbocycles. The van der Waals surface area contributed by atoms with E-state index in [1.165, 1.54) is 321 Å². The number of hydrogen-bond acceptors (Lipinski definition) is 5. The normalized spacial score (nSPS) is 12.6. The molecule has 0 aliphatic rings. The second-order valence-corrected chi connectivity index (χ2v) is 23.9. The first-order valence-corrected chi connectivity index (χ1v) is 34.6. The van der Waals surface area contributed by atoms with E-state index in [4.69, 9.17) is 4.74 Å². The van der Waals surface area contributed by atoms with Crippen LogP contribution in [-0.4, -0.2) is 47.4 Å². The molecule has 6 nitrogen and oxygen atoms in total. The molecule has 0 saturated heterocycles. The van der Waals surface area contributed by atoms with Gasteiger partial charge in [0, 0.05) is 12.8 Å². The predicted octanol–water partition coefficient (Wildman–Crippen LogP) is 22.1. The van der Waals surface area contributed by atoms with Gasteiger partial charge in [-0.2, -0.15) is 0 Å². The molecule has 0 aromatic heterocycles. The highest BCUT2D eigenvalue weighted by Gasteiger charge is 2.18. The number of carbonyl (C=O) groups is 2. The quantitative estimate of drug-likeness (QED) is 0.0320. The van der Waals surface area contributed by atoms with Gasteiger partial charge in [-0.3, -0.25) is 9.59 Å². The van der Waals surface area contributed by atoms with Crippen molar-refractivity contribution in [3.8, 4) is 0 Å². The van der Waals surface area contributed by atoms with Crippen LogP contribution in [-0.2, 0) is 14.3 Å². The minimum absolute atomic E-state index is 0.0223. The molecule has 450 valence electrons. The van der Waals surface area contributed by atoms with E-state index in [2.05, 4.69) is 31.3 Å². The Balaban J connectivity index is 3.32. The Morgan fingerprint density at radius 1 is 0.355 bits per heavy atom. The maximum Gasteiger partial charge on any atom is 0.305 e. The maximum absolute atomic E-state index is 12.4. The van der Waals surface area contributed by atoms with Crippen molar-refractivity contribution in [1.29, 1.82) is 0 Å². The molecule has 0 fully saturated rings. The number of rotatable bonds is 65. The summed E-state index contributed by atoms with van der Waals surface area (Å²) in [5, 5.41) is 23.0. The summed E-state index contributed by atoms with van der Waals surface area (Å²) in [5.41, 5.74) is 0. The summed E-state index contributed by atoms with van der Waals surface area (Å²) >= 11 is 0. The van der Waals surface area contributed by atoms with Crippen molar-refractivity contribution in [2.75, 3.05) is 13.2 Å². The monoisotopic (exact) mass is 1070 g/mol. The fraction of sp³-hybridized carbons (Fsp3) is 0.914. The van der Waals surface area contributed by atoms with Crippen LogP contribution in [0.25, 0.3) is 0 Å². The highest BCUT2D eigenvalue weighted by molar-refractivity contribution is 5.76. The highest BCUT2D eigenvalue weighted by Crippen LogP contribution is 2.18. The molecule has 2 atom stereocenters. The van der Waals surface area contributed by atoms with Crippen LogP contribution in [0.1, 0.15) is 386 Å². The van der Waals surface area contributed by atoms with Gasteiger partial charge in [0.1, 0.15) is 0 Å². The molecule has 0 radical (unpaired) electrons. The van der Waals surface area contributed by atoms with Gasteiger partial charge in [0.05, 0.1) is 25.4 Å². The largest absolute Gasteiger partial charge is 0.466 e. The van der Waals surface area contributed by atoms with Crippen molar-refractivity contribution in [3.05, 3.63) is 24.3 Å². The van der Waals surface area contributed by atoms with Gasteiger partial charge in [-0.25, -0.2) is 0 Å². The van der Waals surface area contributed by atoms with E-state index in [9.17, 15) is 19.8 Å². The molecular formula is C70H135NO5. The van der Waals surface area contributed by atoms with Crippen LogP contribution < -0.4 is 5.32 Å². The van der Waals surface area contributed by atoms with Gasteiger partial charge in [0.15, 0.2) is 0 Å². The molecule has 0 heterocycles. The third-order valence-corrected chi connectivity index (χ3v) is 16.2. The number of esters is 1. The highest BCUT2D eigenvalue weighted by atomic mass is 16.5. The molecule has 3 N–H and O–H groups in total. The number of aliphatic hydroxyl groups is 2. The van der Waals surface area contributed by atoms with Gasteiger partial charge in [0.25, 0.3) is 0 Å². The van der Waals surface area contributed by atoms with Crippen LogP contribution in [0.15, 0.2) is 24.3 Å². The predicted molar refractivity (Wildman–Crippen MR) is 333 cm³/mol. The molecule has 76 heavy (non-hydrogen) atoms. The Morgan fingerprint density at radius 3 is 0.934 bits per heavy atom. The lowest BCUT2D eigenvalue weighted by atomic mass is 10.0. The molecule has 0 bridgehead atoms. The molecule has 0 aliphatic heterocycles. The third-order valence-electron chi connectivity index (χ3n) is 16.2. The Labute approximate surface area is 475 Å². The minimum Gasteiger partial charge on any atom is -0.466 e. The van der Waals surface area contributed by atoms with Crippen LogP contribution in [0.3, 0.4) is 0 Å². The molecule has 0 saturated carbocycles. The zero-order valence-corrected chi connectivity index (χ0v) is 51.5. The van der Waals surface area contributed by atoms with Gasteiger partial charge in [-0.05, 0) is 57.8 Å². The topological polar surface area (TPSA) is 95.9 Å². The zero-order valence-electron chi connectivity index (χ0n) is 51.5. The van der Waals surface area contributed by atoms with Gasteiger partial charge < -0.3 is 20.3 Å². The number of unbranched alkanes of at least 4 members (excludes halogenated alkanes) is 52. The van der Waals surface area contributed by atoms with Crippen LogP contribution in [0, 0.1) is 0 Å². The summed E-state index contributed by atoms with van der Waals surface area (Å²) < 4.78 is 5.51. The van der Waals surface area contributed by atoms with Gasteiger partial charge in [0.2, 0.25) is 5.91 Å². The van der Waals surface area contributed by atoms with Crippen molar-refractivity contribution < 1.29 is 24.5 Å². The molecule has 0 aromatic rings. The lowest BCUT2D eigenvalue weighted by molar-refractivity contribution is -0.143. The van der Waals surface area contributed by atoms with E-state index in [1.807, 2.05) is 6.08 Å². The first-order chi connectivity index (χ1) is 37.5. The summed E-state index contributed by atoms with van der Waals surface area (Å²) in [5.74, 6) is -0.0441. The van der Waals surface area contributed by atoms with E-state index in [0.717, 1.165) is 38.5 Å². The second-order valence-electron chi connectivity index (χ2n) is 23.9. The SMILES string of the molecule is CCCCCCCCCC/C=C/C(O)C(CO)NC(=O)CCCCCCCCCCCCCCCCC/C=C\CCCCCCCCCCCCCCOC(=O)CCCCCCCCCCCCCCCCCCCC. The second kappa shape index (κ2) is 65.9. The molecular weight excluding hydrogens is 935 g/mol. The molecule has 0 spiro atoms. The average molecular weight is 1070 g/mol. The zero-order chi connectivity index (χ0) is 55.0. The Morgan fingerprint density at radius 2 is 0.618 bits per heavy atom. The van der Waals surface area contributed by atoms with Crippen LogP contribution in [0.5, 0.6) is 0 Å². The molecule has 0 rings (SSSR count). The lowest BCUT2D eigenvalue weighted by Crippen LogP contribution is -2.45. The smallest absolute Gasteiger partial charge is 0.305 e. The summed E-state index contributed by atoms with van der Waals surface area (Å²) in [6.45, 7) is 4.92. The van der Waals surface area contributed by atoms with Gasteiger partial charge in [-0.1, -0.05) is 340 Å². The fourth-order valence-corrected chi connectivity index (χ4v) is 10.9. The molecule has 0 aliphatic carbocycles. The first-order valence-electron chi connectivity index (χ1n) is 34.6. The Bertz CT molecular complexity index is 1190. The number of nitrogens with one attached hydrogen (secondary N) is 1. The van der Waals surface area contributed by atoms with E-state index in [1.54, 1.807) is 6.08 Å². The fourth-order valence-electron chi connectivity index (χ4n) is 10.9. The van der Waals surface area contributed by atoms with E-state index >= 15 is 0 Å². The van der Waals surface area contributed by atoms with Crippen molar-refractivity contribution >= 4 is 11.9 Å². The Hall–Kier alpha value is -1.66. The van der Waals surface area contributed by atoms with Gasteiger partial charge in [-0.15, -0.1) is 0 Å². The summed E-state index contributed by atoms with van der Waals surface area (Å²) in [6.07, 6.45) is 82.7. The lowest BCUT2D eigenvalue weighted by Gasteiger charge is -2.20. The van der Waals surface area contributed by atoms with Crippen molar-refractivity contribution in [2.24, 2.45) is 0 Å². The van der Waals surface area contributed by atoms with Crippen LogP contribution >= 0.6 is 0 Å².